The molecule has 2 atom stereocenters. The molecule has 7 rings (SSSR count). The van der Waals surface area contributed by atoms with Crippen LogP contribution in [0.1, 0.15) is 38.5 Å². The number of anilines is 2. The first kappa shape index (κ1) is 24.3. The number of hydrogen-bond donors (Lipinski definition) is 2. The van der Waals surface area contributed by atoms with E-state index in [1.807, 2.05) is 0 Å². The summed E-state index contributed by atoms with van der Waals surface area (Å²) in [6.07, 6.45) is 6.65. The van der Waals surface area contributed by atoms with Crippen molar-refractivity contribution < 1.29 is 13.5 Å². The predicted octanol–water partition coefficient (Wildman–Crippen LogP) is 4.76. The van der Waals surface area contributed by atoms with Crippen molar-refractivity contribution in [3.8, 4) is 17.1 Å². The fourth-order valence-corrected chi connectivity index (χ4v) is 7.42. The fraction of sp³-hybridized carbons (Fsp3) is 0.500. The van der Waals surface area contributed by atoms with Gasteiger partial charge in [-0.2, -0.15) is 9.97 Å². The number of hydrogen-bond acceptors (Lipinski definition) is 7. The molecule has 2 aromatic carbocycles. The van der Waals surface area contributed by atoms with Gasteiger partial charge in [0.2, 0.25) is 0 Å². The molecule has 2 unspecified atom stereocenters. The van der Waals surface area contributed by atoms with Crippen molar-refractivity contribution in [2.45, 2.75) is 56.1 Å². The van der Waals surface area contributed by atoms with Crippen LogP contribution >= 0.6 is 11.6 Å². The monoisotopic (exact) mass is 540 g/mol. The van der Waals surface area contributed by atoms with E-state index in [0.717, 1.165) is 64.7 Å². The summed E-state index contributed by atoms with van der Waals surface area (Å²) in [5.74, 6) is -0.766. The molecular formula is C28H31ClF2N6O. The first-order chi connectivity index (χ1) is 18.4. The van der Waals surface area contributed by atoms with Crippen molar-refractivity contribution in [3.63, 3.8) is 0 Å². The van der Waals surface area contributed by atoms with Crippen molar-refractivity contribution in [2.24, 2.45) is 0 Å². The summed E-state index contributed by atoms with van der Waals surface area (Å²) in [5.41, 5.74) is 6.08. The van der Waals surface area contributed by atoms with Gasteiger partial charge in [-0.25, -0.2) is 8.78 Å². The number of halogens is 3. The van der Waals surface area contributed by atoms with E-state index < -0.39 is 11.6 Å². The van der Waals surface area contributed by atoms with E-state index in [4.69, 9.17) is 27.1 Å². The zero-order chi connectivity index (χ0) is 26.0. The molecule has 0 aliphatic carbocycles. The van der Waals surface area contributed by atoms with Crippen LogP contribution < -0.4 is 20.7 Å². The summed E-state index contributed by atoms with van der Waals surface area (Å²) in [4.78, 5) is 14.1. The predicted molar refractivity (Wildman–Crippen MR) is 145 cm³/mol. The summed E-state index contributed by atoms with van der Waals surface area (Å²) >= 11 is 6.63. The quantitative estimate of drug-likeness (QED) is 0.452. The third kappa shape index (κ3) is 3.89. The molecule has 0 spiro atoms. The van der Waals surface area contributed by atoms with Crippen molar-refractivity contribution in [3.05, 3.63) is 40.9 Å². The molecule has 3 N–H and O–H groups in total. The Morgan fingerprint density at radius 1 is 1.08 bits per heavy atom. The SMILES string of the molecule is Nc1cccc(F)c1-c1c(Cl)cc2c(N3CC4CCC(C3)N4)nc(OCC34CCCN3CCC4)nc2c1F. The van der Waals surface area contributed by atoms with Gasteiger partial charge in [0.05, 0.1) is 10.6 Å². The number of rotatable bonds is 5. The number of nitrogens with zero attached hydrogens (tertiary/aromatic N) is 4. The highest BCUT2D eigenvalue weighted by molar-refractivity contribution is 6.34. The average Bonchev–Trinajstić information content (AvgIpc) is 3.58. The Morgan fingerprint density at radius 2 is 1.82 bits per heavy atom. The molecule has 0 radical (unpaired) electrons. The molecule has 2 bridgehead atoms. The minimum absolute atomic E-state index is 0.00203. The highest BCUT2D eigenvalue weighted by Crippen LogP contribution is 2.43. The maximum Gasteiger partial charge on any atom is 0.319 e. The number of aromatic nitrogens is 2. The van der Waals surface area contributed by atoms with E-state index in [9.17, 15) is 4.39 Å². The summed E-state index contributed by atoms with van der Waals surface area (Å²) in [5, 5.41) is 4.18. The van der Waals surface area contributed by atoms with Crippen LogP contribution in [0.5, 0.6) is 6.01 Å². The van der Waals surface area contributed by atoms with E-state index in [1.54, 1.807) is 6.07 Å². The smallest absolute Gasteiger partial charge is 0.319 e. The molecule has 4 saturated heterocycles. The average molecular weight is 541 g/mol. The standard InChI is InChI=1S/C28H31ClF2N6O/c29-19-12-18-25(24(31)22(19)23-20(30)4-1-5-21(23)32)34-27(38-15-28-8-2-10-37(28)11-3-9-28)35-26(18)36-13-16-6-7-17(14-36)33-16/h1,4-5,12,16-17,33H,2-3,6-11,13-15,32H2. The minimum Gasteiger partial charge on any atom is -0.461 e. The Morgan fingerprint density at radius 3 is 2.53 bits per heavy atom. The van der Waals surface area contributed by atoms with E-state index >= 15 is 4.39 Å². The van der Waals surface area contributed by atoms with E-state index in [-0.39, 0.29) is 38.9 Å². The summed E-state index contributed by atoms with van der Waals surface area (Å²) < 4.78 is 37.5. The van der Waals surface area contributed by atoms with Gasteiger partial charge in [-0.1, -0.05) is 17.7 Å². The Labute approximate surface area is 225 Å². The lowest BCUT2D eigenvalue weighted by Crippen LogP contribution is -2.51. The van der Waals surface area contributed by atoms with Crippen molar-refractivity contribution in [1.82, 2.24) is 20.2 Å². The number of nitrogen functional groups attached to an aromatic ring is 1. The van der Waals surface area contributed by atoms with Crippen LogP contribution in [0.15, 0.2) is 24.3 Å². The molecule has 4 aliphatic heterocycles. The van der Waals surface area contributed by atoms with Crippen LogP contribution in [-0.4, -0.2) is 65.3 Å². The van der Waals surface area contributed by atoms with Gasteiger partial charge in [0, 0.05) is 47.4 Å². The molecule has 5 heterocycles. The summed E-state index contributed by atoms with van der Waals surface area (Å²) in [6, 6.07) is 6.74. The topological polar surface area (TPSA) is 79.5 Å². The maximum absolute atomic E-state index is 16.3. The minimum atomic E-state index is -0.725. The molecule has 4 fully saturated rings. The third-order valence-electron chi connectivity index (χ3n) is 8.94. The third-order valence-corrected chi connectivity index (χ3v) is 9.23. The Bertz CT molecular complexity index is 1380. The second kappa shape index (κ2) is 9.17. The van der Waals surface area contributed by atoms with Crippen LogP contribution in [0.2, 0.25) is 5.02 Å². The van der Waals surface area contributed by atoms with Gasteiger partial charge in [0.1, 0.15) is 23.8 Å². The maximum atomic E-state index is 16.3. The van der Waals surface area contributed by atoms with Crippen LogP contribution in [0, 0.1) is 11.6 Å². The molecule has 3 aromatic rings. The van der Waals surface area contributed by atoms with Crippen LogP contribution in [0.4, 0.5) is 20.3 Å². The number of benzene rings is 2. The number of piperazine rings is 1. The number of ether oxygens (including phenoxy) is 1. The lowest BCUT2D eigenvalue weighted by Gasteiger charge is -2.35. The highest BCUT2D eigenvalue weighted by Gasteiger charge is 2.45. The van der Waals surface area contributed by atoms with Crippen LogP contribution in [0.3, 0.4) is 0 Å². The van der Waals surface area contributed by atoms with Gasteiger partial charge in [0.15, 0.2) is 5.82 Å². The molecule has 38 heavy (non-hydrogen) atoms. The number of fused-ring (bicyclic) bond motifs is 4. The molecule has 200 valence electrons. The Balaban J connectivity index is 1.35. The zero-order valence-electron chi connectivity index (χ0n) is 21.2. The summed E-state index contributed by atoms with van der Waals surface area (Å²) in [6.45, 7) is 4.13. The Hall–Kier alpha value is -2.75. The lowest BCUT2D eigenvalue weighted by atomic mass is 9.95. The van der Waals surface area contributed by atoms with Crippen LogP contribution in [-0.2, 0) is 0 Å². The highest BCUT2D eigenvalue weighted by atomic mass is 35.5. The zero-order valence-corrected chi connectivity index (χ0v) is 21.9. The summed E-state index contributed by atoms with van der Waals surface area (Å²) in [7, 11) is 0. The van der Waals surface area contributed by atoms with Gasteiger partial charge in [-0.05, 0) is 69.8 Å². The molecule has 0 amide bonds. The van der Waals surface area contributed by atoms with E-state index in [1.165, 1.54) is 18.2 Å². The molecule has 7 nitrogen and oxygen atoms in total. The first-order valence-electron chi connectivity index (χ1n) is 13.5. The van der Waals surface area contributed by atoms with Gasteiger partial charge < -0.3 is 20.7 Å². The molecule has 10 heteroatoms. The Kier molecular flexibility index (Phi) is 5.87. The molecular weight excluding hydrogens is 510 g/mol. The normalized spacial score (nSPS) is 24.3. The molecule has 1 aromatic heterocycles. The second-order valence-electron chi connectivity index (χ2n) is 11.2. The number of nitrogens with two attached hydrogens (primary N) is 1. The second-order valence-corrected chi connectivity index (χ2v) is 11.6. The van der Waals surface area contributed by atoms with E-state index in [0.29, 0.717) is 29.9 Å². The van der Waals surface area contributed by atoms with Crippen molar-refractivity contribution in [2.75, 3.05) is 43.4 Å². The lowest BCUT2D eigenvalue weighted by molar-refractivity contribution is 0.108. The van der Waals surface area contributed by atoms with Crippen molar-refractivity contribution in [1.29, 1.82) is 0 Å². The molecule has 0 saturated carbocycles. The van der Waals surface area contributed by atoms with Gasteiger partial charge in [-0.3, -0.25) is 4.90 Å². The van der Waals surface area contributed by atoms with E-state index in [2.05, 4.69) is 20.1 Å². The fourth-order valence-electron chi connectivity index (χ4n) is 7.13. The van der Waals surface area contributed by atoms with Gasteiger partial charge >= 0.3 is 6.01 Å². The first-order valence-corrected chi connectivity index (χ1v) is 13.9. The van der Waals surface area contributed by atoms with Crippen molar-refractivity contribution >= 4 is 34.0 Å². The van der Waals surface area contributed by atoms with Gasteiger partial charge in [0.25, 0.3) is 0 Å². The number of nitrogens with one attached hydrogen (secondary N) is 1. The molecule has 4 aliphatic rings. The van der Waals surface area contributed by atoms with Crippen LogP contribution in [0.25, 0.3) is 22.0 Å². The van der Waals surface area contributed by atoms with Gasteiger partial charge in [-0.15, -0.1) is 0 Å². The largest absolute Gasteiger partial charge is 0.461 e.